The summed E-state index contributed by atoms with van der Waals surface area (Å²) < 4.78 is 26.0. The van der Waals surface area contributed by atoms with Crippen LogP contribution in [0.1, 0.15) is 24.0 Å². The van der Waals surface area contributed by atoms with Gasteiger partial charge in [0.15, 0.2) is 0 Å². The first-order chi connectivity index (χ1) is 13.5. The van der Waals surface area contributed by atoms with Gasteiger partial charge in [0.05, 0.1) is 11.4 Å². The molecular weight excluding hydrogens is 364 g/mol. The van der Waals surface area contributed by atoms with Gasteiger partial charge >= 0.3 is 0 Å². The number of hydrogen-bond donors (Lipinski definition) is 1. The molecule has 0 atom stereocenters. The lowest BCUT2D eigenvalue weighted by molar-refractivity contribution is -0.126. The van der Waals surface area contributed by atoms with Crippen molar-refractivity contribution in [3.63, 3.8) is 0 Å². The van der Waals surface area contributed by atoms with Crippen LogP contribution in [0.3, 0.4) is 0 Å². The Morgan fingerprint density at radius 1 is 1.14 bits per heavy atom. The maximum Gasteiger partial charge on any atom is 0.246 e. The molecule has 2 N–H and O–H groups in total. The molecule has 0 radical (unpaired) electrons. The number of carbonyl (C=O) groups excluding carboxylic acids is 1. The lowest BCUT2D eigenvalue weighted by Gasteiger charge is -2.26. The van der Waals surface area contributed by atoms with Crippen LogP contribution in [0, 0.1) is 11.6 Å². The van der Waals surface area contributed by atoms with Crippen molar-refractivity contribution in [1.29, 1.82) is 0 Å². The number of carbonyl (C=O) groups is 1. The maximum absolute atomic E-state index is 13.1. The first-order valence-corrected chi connectivity index (χ1v) is 8.95. The Morgan fingerprint density at radius 3 is 2.54 bits per heavy atom. The average Bonchev–Trinajstić information content (AvgIpc) is 2.70. The highest BCUT2D eigenvalue weighted by molar-refractivity contribution is 5.94. The number of likely N-dealkylation sites (tertiary alicyclic amines) is 1. The zero-order chi connectivity index (χ0) is 19.9. The van der Waals surface area contributed by atoms with Crippen molar-refractivity contribution in [2.24, 2.45) is 5.16 Å². The van der Waals surface area contributed by atoms with E-state index in [9.17, 15) is 13.6 Å². The molecule has 1 saturated heterocycles. The van der Waals surface area contributed by atoms with Gasteiger partial charge in [-0.2, -0.15) is 0 Å². The molecule has 0 spiro atoms. The Bertz CT molecular complexity index is 885. The van der Waals surface area contributed by atoms with Gasteiger partial charge in [0.1, 0.15) is 18.2 Å². The normalized spacial score (nSPS) is 14.4. The first-order valence-electron chi connectivity index (χ1n) is 8.95. The van der Waals surface area contributed by atoms with Crippen molar-refractivity contribution < 1.29 is 18.4 Å². The molecule has 2 aromatic carbocycles. The van der Waals surface area contributed by atoms with E-state index in [0.29, 0.717) is 25.9 Å². The highest BCUT2D eigenvalue weighted by Crippen LogP contribution is 2.14. The van der Waals surface area contributed by atoms with Crippen molar-refractivity contribution >= 4 is 23.4 Å². The van der Waals surface area contributed by atoms with Crippen molar-refractivity contribution in [1.82, 2.24) is 4.90 Å². The van der Waals surface area contributed by atoms with Crippen molar-refractivity contribution in [2.75, 3.05) is 18.8 Å². The summed E-state index contributed by atoms with van der Waals surface area (Å²) in [5.41, 5.74) is 7.98. The molecule has 1 aliphatic rings. The Balaban J connectivity index is 1.45. The Kier molecular flexibility index (Phi) is 6.37. The van der Waals surface area contributed by atoms with Gasteiger partial charge in [-0.3, -0.25) is 4.79 Å². The van der Waals surface area contributed by atoms with Gasteiger partial charge < -0.3 is 15.5 Å². The number of amides is 1. The molecule has 28 heavy (non-hydrogen) atoms. The topological polar surface area (TPSA) is 67.9 Å². The molecule has 3 rings (SSSR count). The van der Waals surface area contributed by atoms with Crippen LogP contribution < -0.4 is 5.73 Å². The SMILES string of the molecule is Nc1cc(CON=C2CCN(C(=O)/C=C/c3ccc(F)cc3)CC2)ccc1F. The van der Waals surface area contributed by atoms with Crippen LogP contribution in [0.25, 0.3) is 6.08 Å². The van der Waals surface area contributed by atoms with Crippen LogP contribution in [0.2, 0.25) is 0 Å². The fraction of sp³-hybridized carbons (Fsp3) is 0.238. The summed E-state index contributed by atoms with van der Waals surface area (Å²) in [6.07, 6.45) is 4.41. The van der Waals surface area contributed by atoms with E-state index in [-0.39, 0.29) is 24.0 Å². The minimum absolute atomic E-state index is 0.0780. The second-order valence-electron chi connectivity index (χ2n) is 6.50. The van der Waals surface area contributed by atoms with E-state index in [0.717, 1.165) is 16.8 Å². The number of benzene rings is 2. The summed E-state index contributed by atoms with van der Waals surface area (Å²) in [5.74, 6) is -0.858. The van der Waals surface area contributed by atoms with Crippen LogP contribution in [0.15, 0.2) is 53.7 Å². The zero-order valence-electron chi connectivity index (χ0n) is 15.3. The maximum atomic E-state index is 13.1. The molecule has 2 aromatic rings. The molecule has 7 heteroatoms. The van der Waals surface area contributed by atoms with Gasteiger partial charge in [-0.15, -0.1) is 0 Å². The Morgan fingerprint density at radius 2 is 1.86 bits per heavy atom. The fourth-order valence-electron chi connectivity index (χ4n) is 2.80. The lowest BCUT2D eigenvalue weighted by Crippen LogP contribution is -2.37. The van der Waals surface area contributed by atoms with Gasteiger partial charge in [-0.25, -0.2) is 8.78 Å². The second kappa shape index (κ2) is 9.12. The molecule has 1 heterocycles. The van der Waals surface area contributed by atoms with Gasteiger partial charge in [-0.1, -0.05) is 23.4 Å². The molecule has 0 saturated carbocycles. The third-order valence-corrected chi connectivity index (χ3v) is 4.43. The van der Waals surface area contributed by atoms with E-state index in [1.54, 1.807) is 29.2 Å². The molecule has 146 valence electrons. The highest BCUT2D eigenvalue weighted by atomic mass is 19.1. The number of anilines is 1. The number of halogens is 2. The van der Waals surface area contributed by atoms with Crippen molar-refractivity contribution in [2.45, 2.75) is 19.4 Å². The summed E-state index contributed by atoms with van der Waals surface area (Å²) >= 11 is 0. The van der Waals surface area contributed by atoms with Crippen LogP contribution in [0.4, 0.5) is 14.5 Å². The molecule has 1 aliphatic heterocycles. The monoisotopic (exact) mass is 385 g/mol. The summed E-state index contributed by atoms with van der Waals surface area (Å²) in [7, 11) is 0. The van der Waals surface area contributed by atoms with E-state index in [2.05, 4.69) is 5.16 Å². The summed E-state index contributed by atoms with van der Waals surface area (Å²) in [6.45, 7) is 1.31. The third-order valence-electron chi connectivity index (χ3n) is 4.43. The smallest absolute Gasteiger partial charge is 0.246 e. The van der Waals surface area contributed by atoms with Gasteiger partial charge in [0.2, 0.25) is 5.91 Å². The minimum Gasteiger partial charge on any atom is -0.396 e. The number of hydrogen-bond acceptors (Lipinski definition) is 4. The van der Waals surface area contributed by atoms with Gasteiger partial charge in [-0.05, 0) is 41.5 Å². The van der Waals surface area contributed by atoms with E-state index in [1.165, 1.54) is 30.3 Å². The quantitative estimate of drug-likeness (QED) is 0.484. The number of piperidine rings is 1. The molecule has 0 bridgehead atoms. The highest BCUT2D eigenvalue weighted by Gasteiger charge is 2.18. The third kappa shape index (κ3) is 5.39. The molecule has 0 aliphatic carbocycles. The molecular formula is C21H21F2N3O2. The summed E-state index contributed by atoms with van der Waals surface area (Å²) in [6, 6.07) is 10.4. The second-order valence-corrected chi connectivity index (χ2v) is 6.50. The summed E-state index contributed by atoms with van der Waals surface area (Å²) in [4.78, 5) is 19.3. The van der Waals surface area contributed by atoms with Crippen LogP contribution >= 0.6 is 0 Å². The van der Waals surface area contributed by atoms with Crippen LogP contribution in [-0.2, 0) is 16.2 Å². The number of oxime groups is 1. The van der Waals surface area contributed by atoms with Crippen molar-refractivity contribution in [3.8, 4) is 0 Å². The average molecular weight is 385 g/mol. The Labute approximate surface area is 162 Å². The van der Waals surface area contributed by atoms with Crippen LogP contribution in [-0.4, -0.2) is 29.6 Å². The number of rotatable bonds is 5. The lowest BCUT2D eigenvalue weighted by atomic mass is 10.1. The molecule has 0 aromatic heterocycles. The fourth-order valence-corrected chi connectivity index (χ4v) is 2.80. The largest absolute Gasteiger partial charge is 0.396 e. The number of nitrogens with zero attached hydrogens (tertiary/aromatic N) is 2. The molecule has 0 unspecified atom stereocenters. The first kappa shape index (κ1) is 19.5. The van der Waals surface area contributed by atoms with E-state index in [1.807, 2.05) is 0 Å². The molecule has 1 amide bonds. The standard InChI is InChI=1S/C21H21F2N3O2/c22-17-5-1-15(2-6-17)4-8-21(27)26-11-9-18(10-12-26)25-28-14-16-3-7-19(23)20(24)13-16/h1-8,13H,9-12,14,24H2/b8-4+. The zero-order valence-corrected chi connectivity index (χ0v) is 15.3. The summed E-state index contributed by atoms with van der Waals surface area (Å²) in [5, 5.41) is 4.12. The van der Waals surface area contributed by atoms with E-state index < -0.39 is 5.82 Å². The van der Waals surface area contributed by atoms with E-state index >= 15 is 0 Å². The predicted octanol–water partition coefficient (Wildman–Crippen LogP) is 3.76. The minimum atomic E-state index is -0.458. The van der Waals surface area contributed by atoms with Gasteiger partial charge in [0, 0.05) is 32.0 Å². The Hall–Kier alpha value is -3.22. The molecule has 1 fully saturated rings. The van der Waals surface area contributed by atoms with E-state index in [4.69, 9.17) is 10.6 Å². The number of nitrogens with two attached hydrogens (primary N) is 1. The van der Waals surface area contributed by atoms with Crippen molar-refractivity contribution in [3.05, 3.63) is 71.3 Å². The number of nitrogen functional groups attached to an aromatic ring is 1. The molecule has 5 nitrogen and oxygen atoms in total. The van der Waals surface area contributed by atoms with Crippen LogP contribution in [0.5, 0.6) is 0 Å². The predicted molar refractivity (Wildman–Crippen MR) is 104 cm³/mol. The van der Waals surface area contributed by atoms with Gasteiger partial charge in [0.25, 0.3) is 0 Å².